The fourth-order valence-corrected chi connectivity index (χ4v) is 2.14. The summed E-state index contributed by atoms with van der Waals surface area (Å²) in [5, 5.41) is 5.09. The summed E-state index contributed by atoms with van der Waals surface area (Å²) in [7, 11) is 0. The van der Waals surface area contributed by atoms with E-state index in [-0.39, 0.29) is 0 Å². The molecule has 78 valence electrons. The number of nitrogens with zero attached hydrogens (tertiary/aromatic N) is 1. The molecule has 0 aliphatic rings. The summed E-state index contributed by atoms with van der Waals surface area (Å²) in [6.07, 6.45) is 0. The molecule has 0 saturated heterocycles. The van der Waals surface area contributed by atoms with Crippen LogP contribution in [0, 0.1) is 0 Å². The second-order valence-electron chi connectivity index (χ2n) is 2.72. The SMILES string of the molecule is Clc1cccc(Cl)c1-c1noc(Br)c1Cl. The van der Waals surface area contributed by atoms with Crippen LogP contribution in [-0.4, -0.2) is 5.16 Å². The van der Waals surface area contributed by atoms with Crippen molar-refractivity contribution in [2.75, 3.05) is 0 Å². The van der Waals surface area contributed by atoms with E-state index in [1.807, 2.05) is 0 Å². The topological polar surface area (TPSA) is 26.0 Å². The summed E-state index contributed by atoms with van der Waals surface area (Å²) in [5.74, 6) is 0. The van der Waals surface area contributed by atoms with Crippen LogP contribution in [0.4, 0.5) is 0 Å². The maximum Gasteiger partial charge on any atom is 0.221 e. The third-order valence-electron chi connectivity index (χ3n) is 1.80. The first-order valence-corrected chi connectivity index (χ1v) is 5.79. The standard InChI is InChI=1S/C9H3BrCl3NO/c10-9-7(13)8(14-15-9)6-4(11)2-1-3-5(6)12/h1-3H. The summed E-state index contributed by atoms with van der Waals surface area (Å²) in [6, 6.07) is 5.17. The van der Waals surface area contributed by atoms with Crippen molar-refractivity contribution in [2.24, 2.45) is 0 Å². The van der Waals surface area contributed by atoms with Crippen molar-refractivity contribution in [1.82, 2.24) is 5.16 Å². The maximum absolute atomic E-state index is 6.01. The van der Waals surface area contributed by atoms with E-state index in [0.29, 0.717) is 31.0 Å². The van der Waals surface area contributed by atoms with Gasteiger partial charge in [0.15, 0.2) is 0 Å². The second-order valence-corrected chi connectivity index (χ2v) is 4.63. The Hall–Kier alpha value is -0.220. The molecular formula is C9H3BrCl3NO. The van der Waals surface area contributed by atoms with E-state index in [4.69, 9.17) is 39.3 Å². The fraction of sp³-hybridized carbons (Fsp3) is 0. The number of hydrogen-bond donors (Lipinski definition) is 0. The zero-order valence-electron chi connectivity index (χ0n) is 7.10. The van der Waals surface area contributed by atoms with Crippen LogP contribution in [0.25, 0.3) is 11.3 Å². The Morgan fingerprint density at radius 3 is 2.20 bits per heavy atom. The van der Waals surface area contributed by atoms with Crippen LogP contribution in [0.1, 0.15) is 0 Å². The van der Waals surface area contributed by atoms with Crippen molar-refractivity contribution in [2.45, 2.75) is 0 Å². The van der Waals surface area contributed by atoms with Crippen LogP contribution < -0.4 is 0 Å². The van der Waals surface area contributed by atoms with Gasteiger partial charge in [-0.25, -0.2) is 0 Å². The van der Waals surface area contributed by atoms with Crippen molar-refractivity contribution < 1.29 is 4.52 Å². The number of halogens is 4. The highest BCUT2D eigenvalue weighted by atomic mass is 79.9. The van der Waals surface area contributed by atoms with Gasteiger partial charge >= 0.3 is 0 Å². The second kappa shape index (κ2) is 4.34. The van der Waals surface area contributed by atoms with Gasteiger partial charge in [-0.3, -0.25) is 0 Å². The largest absolute Gasteiger partial charge is 0.347 e. The lowest BCUT2D eigenvalue weighted by Crippen LogP contribution is -1.82. The van der Waals surface area contributed by atoms with Crippen molar-refractivity contribution in [3.63, 3.8) is 0 Å². The van der Waals surface area contributed by atoms with E-state index in [0.717, 1.165) is 0 Å². The molecule has 2 nitrogen and oxygen atoms in total. The minimum absolute atomic E-state index is 0.352. The lowest BCUT2D eigenvalue weighted by Gasteiger charge is -2.02. The number of hydrogen-bond acceptors (Lipinski definition) is 2. The van der Waals surface area contributed by atoms with E-state index in [1.54, 1.807) is 18.2 Å². The molecule has 1 aromatic carbocycles. The molecular weight excluding hydrogens is 324 g/mol. The summed E-state index contributed by atoms with van der Waals surface area (Å²) >= 11 is 21.1. The molecule has 0 fully saturated rings. The van der Waals surface area contributed by atoms with E-state index in [2.05, 4.69) is 21.1 Å². The summed E-state index contributed by atoms with van der Waals surface area (Å²) in [6.45, 7) is 0. The summed E-state index contributed by atoms with van der Waals surface area (Å²) in [5.41, 5.74) is 0.999. The quantitative estimate of drug-likeness (QED) is 0.731. The predicted octanol–water partition coefficient (Wildman–Crippen LogP) is 5.06. The Bertz CT molecular complexity index is 492. The minimum Gasteiger partial charge on any atom is -0.347 e. The molecule has 1 aromatic heterocycles. The first kappa shape index (κ1) is 11.3. The van der Waals surface area contributed by atoms with Gasteiger partial charge in [-0.2, -0.15) is 0 Å². The van der Waals surface area contributed by atoms with E-state index in [1.165, 1.54) is 0 Å². The van der Waals surface area contributed by atoms with Gasteiger partial charge in [-0.15, -0.1) is 0 Å². The Morgan fingerprint density at radius 1 is 1.13 bits per heavy atom. The Labute approximate surface area is 109 Å². The lowest BCUT2D eigenvalue weighted by atomic mass is 10.1. The van der Waals surface area contributed by atoms with Crippen LogP contribution in [0.2, 0.25) is 15.1 Å². The highest BCUT2D eigenvalue weighted by Gasteiger charge is 2.18. The highest BCUT2D eigenvalue weighted by Crippen LogP contribution is 2.40. The fourth-order valence-electron chi connectivity index (χ4n) is 1.14. The van der Waals surface area contributed by atoms with Gasteiger partial charge < -0.3 is 4.52 Å². The summed E-state index contributed by atoms with van der Waals surface area (Å²) < 4.78 is 5.23. The number of rotatable bonds is 1. The Balaban J connectivity index is 2.69. The van der Waals surface area contributed by atoms with Gasteiger partial charge in [0.2, 0.25) is 4.67 Å². The summed E-state index contributed by atoms with van der Waals surface area (Å²) in [4.78, 5) is 0. The molecule has 0 unspecified atom stereocenters. The molecule has 0 aliphatic heterocycles. The van der Waals surface area contributed by atoms with E-state index >= 15 is 0 Å². The number of aromatic nitrogens is 1. The van der Waals surface area contributed by atoms with Crippen LogP contribution in [0.3, 0.4) is 0 Å². The zero-order valence-corrected chi connectivity index (χ0v) is 11.0. The van der Waals surface area contributed by atoms with Gasteiger partial charge in [0.1, 0.15) is 10.7 Å². The molecule has 0 amide bonds. The smallest absolute Gasteiger partial charge is 0.221 e. The van der Waals surface area contributed by atoms with Gasteiger partial charge in [-0.1, -0.05) is 46.0 Å². The van der Waals surface area contributed by atoms with Gasteiger partial charge in [0, 0.05) is 5.56 Å². The predicted molar refractivity (Wildman–Crippen MR) is 64.7 cm³/mol. The highest BCUT2D eigenvalue weighted by molar-refractivity contribution is 9.10. The Morgan fingerprint density at radius 2 is 1.73 bits per heavy atom. The Kier molecular flexibility index (Phi) is 3.26. The van der Waals surface area contributed by atoms with Crippen molar-refractivity contribution in [3.05, 3.63) is 37.9 Å². The molecule has 1 heterocycles. The first-order valence-electron chi connectivity index (χ1n) is 3.86. The number of benzene rings is 1. The normalized spacial score (nSPS) is 10.7. The first-order chi connectivity index (χ1) is 7.11. The minimum atomic E-state index is 0.352. The average Bonchev–Trinajstić information content (AvgIpc) is 2.49. The van der Waals surface area contributed by atoms with Crippen LogP contribution in [-0.2, 0) is 0 Å². The third-order valence-corrected chi connectivity index (χ3v) is 3.55. The maximum atomic E-state index is 6.01. The van der Waals surface area contributed by atoms with Crippen molar-refractivity contribution in [3.8, 4) is 11.3 Å². The van der Waals surface area contributed by atoms with Crippen LogP contribution in [0.15, 0.2) is 27.4 Å². The molecule has 0 spiro atoms. The van der Waals surface area contributed by atoms with Crippen molar-refractivity contribution in [1.29, 1.82) is 0 Å². The average molecular weight is 327 g/mol. The van der Waals surface area contributed by atoms with Gasteiger partial charge in [0.25, 0.3) is 0 Å². The van der Waals surface area contributed by atoms with E-state index in [9.17, 15) is 0 Å². The molecule has 0 bridgehead atoms. The van der Waals surface area contributed by atoms with Gasteiger partial charge in [0.05, 0.1) is 10.0 Å². The molecule has 0 saturated carbocycles. The molecule has 2 aromatic rings. The monoisotopic (exact) mass is 325 g/mol. The molecule has 6 heteroatoms. The van der Waals surface area contributed by atoms with Crippen LogP contribution in [0.5, 0.6) is 0 Å². The van der Waals surface area contributed by atoms with Crippen molar-refractivity contribution >= 4 is 50.7 Å². The molecule has 0 atom stereocenters. The molecule has 0 aliphatic carbocycles. The molecule has 15 heavy (non-hydrogen) atoms. The third kappa shape index (κ3) is 2.02. The molecule has 2 rings (SSSR count). The van der Waals surface area contributed by atoms with Gasteiger partial charge in [-0.05, 0) is 28.1 Å². The molecule has 0 N–H and O–H groups in total. The van der Waals surface area contributed by atoms with Crippen LogP contribution >= 0.6 is 50.7 Å². The zero-order chi connectivity index (χ0) is 11.0. The molecule has 0 radical (unpaired) electrons. The lowest BCUT2D eigenvalue weighted by molar-refractivity contribution is 0.402. The van der Waals surface area contributed by atoms with E-state index < -0.39 is 0 Å².